The number of halogens is 4. The molecule has 8 nitrogen and oxygen atoms in total. The molecule has 2 heterocycles. The molecule has 1 amide bonds. The minimum atomic E-state index is -4.92. The Morgan fingerprint density at radius 1 is 1.22 bits per heavy atom. The van der Waals surface area contributed by atoms with Gasteiger partial charge in [0, 0.05) is 35.7 Å². The summed E-state index contributed by atoms with van der Waals surface area (Å²) in [4.78, 5) is 25.4. The number of pyridine rings is 1. The average molecular weight is 455 g/mol. The molecule has 3 aromatic rings. The Bertz CT molecular complexity index is 1280. The van der Waals surface area contributed by atoms with Crippen LogP contribution in [0.25, 0.3) is 16.6 Å². The molecule has 12 heteroatoms. The van der Waals surface area contributed by atoms with Crippen molar-refractivity contribution in [1.29, 1.82) is 0 Å². The summed E-state index contributed by atoms with van der Waals surface area (Å²) in [5.41, 5.74) is 8.15. The first kappa shape index (κ1) is 23.1. The molecule has 3 rings (SSSR count). The van der Waals surface area contributed by atoms with Gasteiger partial charge >= 0.3 is 6.18 Å². The van der Waals surface area contributed by atoms with E-state index in [1.807, 2.05) is 0 Å². The zero-order valence-corrected chi connectivity index (χ0v) is 17.4. The first-order chi connectivity index (χ1) is 14.8. The van der Waals surface area contributed by atoms with Gasteiger partial charge in [-0.2, -0.15) is 13.2 Å². The topological polar surface area (TPSA) is 128 Å². The van der Waals surface area contributed by atoms with Crippen LogP contribution in [-0.2, 0) is 12.7 Å². The summed E-state index contributed by atoms with van der Waals surface area (Å²) in [6.45, 7) is 2.45. The second kappa shape index (κ2) is 7.86. The molecule has 0 bridgehead atoms. The molecule has 0 saturated carbocycles. The van der Waals surface area contributed by atoms with Gasteiger partial charge in [-0.1, -0.05) is 0 Å². The van der Waals surface area contributed by atoms with E-state index in [2.05, 4.69) is 5.32 Å². The van der Waals surface area contributed by atoms with Gasteiger partial charge < -0.3 is 26.5 Å². The molecular formula is C20H21F4N5O3. The van der Waals surface area contributed by atoms with E-state index in [-0.39, 0.29) is 29.9 Å². The van der Waals surface area contributed by atoms with Gasteiger partial charge in [-0.05, 0) is 27.0 Å². The number of anilines is 1. The van der Waals surface area contributed by atoms with E-state index < -0.39 is 57.2 Å². The zero-order valence-electron chi connectivity index (χ0n) is 17.4. The second-order valence-corrected chi connectivity index (χ2v) is 7.29. The molecule has 0 aliphatic heterocycles. The lowest BCUT2D eigenvalue weighted by Gasteiger charge is -2.18. The normalized spacial score (nSPS) is 12.0. The summed E-state index contributed by atoms with van der Waals surface area (Å²) in [6, 6.07) is 1.49. The molecule has 0 aliphatic carbocycles. The lowest BCUT2D eigenvalue weighted by molar-refractivity contribution is -0.144. The molecule has 2 aromatic heterocycles. The number of primary amides is 1. The van der Waals surface area contributed by atoms with Crippen LogP contribution in [0.4, 0.5) is 23.4 Å². The highest BCUT2D eigenvalue weighted by molar-refractivity contribution is 6.11. The highest BCUT2D eigenvalue weighted by Crippen LogP contribution is 2.38. The van der Waals surface area contributed by atoms with E-state index in [1.54, 1.807) is 0 Å². The van der Waals surface area contributed by atoms with Crippen LogP contribution in [0.5, 0.6) is 5.75 Å². The maximum atomic E-state index is 14.4. The Morgan fingerprint density at radius 2 is 1.84 bits per heavy atom. The zero-order chi connectivity index (χ0) is 24.1. The van der Waals surface area contributed by atoms with Crippen molar-refractivity contribution in [2.75, 3.05) is 19.3 Å². The molecule has 0 unspecified atom stereocenters. The number of carbonyl (C=O) groups excluding carboxylic acids is 1. The number of phenolic OH excluding ortho intramolecular Hbond substituents is 1. The summed E-state index contributed by atoms with van der Waals surface area (Å²) >= 11 is 0. The molecule has 0 aliphatic rings. The van der Waals surface area contributed by atoms with Crippen molar-refractivity contribution < 1.29 is 27.5 Å². The van der Waals surface area contributed by atoms with Crippen LogP contribution >= 0.6 is 0 Å². The van der Waals surface area contributed by atoms with Crippen LogP contribution < -0.4 is 22.3 Å². The van der Waals surface area contributed by atoms with Gasteiger partial charge in [0.2, 0.25) is 0 Å². The molecule has 0 radical (unpaired) electrons. The number of benzene rings is 1. The standard InChI is InChI=1S/C20H21F4N5O3/c1-8-11(21)7-12(30)9(2)15(8)29-16-10(14(17(29)25)18(26)31)6-13(20(22,23)24)28(19(16)32)5-4-27-3/h6-7,27,30H,4-5,25H2,1-3H3,(H2,26,31). The fourth-order valence-corrected chi connectivity index (χ4v) is 3.77. The van der Waals surface area contributed by atoms with Crippen LogP contribution in [0.1, 0.15) is 27.2 Å². The van der Waals surface area contributed by atoms with Gasteiger partial charge in [-0.3, -0.25) is 14.2 Å². The van der Waals surface area contributed by atoms with Gasteiger partial charge in [0.1, 0.15) is 28.6 Å². The fraction of sp³-hybridized carbons (Fsp3) is 0.300. The van der Waals surface area contributed by atoms with Crippen LogP contribution in [0.2, 0.25) is 0 Å². The van der Waals surface area contributed by atoms with E-state index in [1.165, 1.54) is 20.9 Å². The molecule has 0 spiro atoms. The molecular weight excluding hydrogens is 434 g/mol. The Morgan fingerprint density at radius 3 is 2.38 bits per heavy atom. The fourth-order valence-electron chi connectivity index (χ4n) is 3.77. The Kier molecular flexibility index (Phi) is 5.68. The van der Waals surface area contributed by atoms with Crippen LogP contribution in [0.15, 0.2) is 16.9 Å². The third-order valence-electron chi connectivity index (χ3n) is 5.33. The number of hydrogen-bond donors (Lipinski definition) is 4. The quantitative estimate of drug-likeness (QED) is 0.439. The van der Waals surface area contributed by atoms with Crippen molar-refractivity contribution in [2.45, 2.75) is 26.6 Å². The van der Waals surface area contributed by atoms with Gasteiger partial charge in [0.15, 0.2) is 0 Å². The second-order valence-electron chi connectivity index (χ2n) is 7.29. The number of nitrogen functional groups attached to an aromatic ring is 1. The van der Waals surface area contributed by atoms with Crippen LogP contribution in [-0.4, -0.2) is 33.7 Å². The summed E-state index contributed by atoms with van der Waals surface area (Å²) in [6.07, 6.45) is -4.92. The number of fused-ring (bicyclic) bond motifs is 1. The van der Waals surface area contributed by atoms with Crippen molar-refractivity contribution in [3.05, 3.63) is 50.7 Å². The first-order valence-electron chi connectivity index (χ1n) is 9.41. The van der Waals surface area contributed by atoms with Crippen molar-refractivity contribution in [2.24, 2.45) is 5.73 Å². The minimum absolute atomic E-state index is 0.0339. The predicted molar refractivity (Wildman–Crippen MR) is 110 cm³/mol. The molecule has 1 aromatic carbocycles. The summed E-state index contributed by atoms with van der Waals surface area (Å²) < 4.78 is 57.2. The van der Waals surface area contributed by atoms with Gasteiger partial charge in [-0.15, -0.1) is 0 Å². The smallest absolute Gasteiger partial charge is 0.431 e. The SMILES string of the molecule is CNCCn1c(C(F)(F)F)cc2c(C(N)=O)c(N)n(-c3c(C)c(O)cc(F)c3C)c2c1=O. The minimum Gasteiger partial charge on any atom is -0.507 e. The molecule has 172 valence electrons. The number of aromatic hydroxyl groups is 1. The maximum Gasteiger partial charge on any atom is 0.431 e. The number of nitrogens with zero attached hydrogens (tertiary/aromatic N) is 2. The first-order valence-corrected chi connectivity index (χ1v) is 9.41. The Hall–Kier alpha value is -3.54. The summed E-state index contributed by atoms with van der Waals surface area (Å²) in [5, 5.41) is 12.4. The van der Waals surface area contributed by atoms with Crippen molar-refractivity contribution in [3.63, 3.8) is 0 Å². The largest absolute Gasteiger partial charge is 0.507 e. The van der Waals surface area contributed by atoms with E-state index in [9.17, 15) is 32.3 Å². The monoisotopic (exact) mass is 455 g/mol. The molecule has 32 heavy (non-hydrogen) atoms. The van der Waals surface area contributed by atoms with Gasteiger partial charge in [0.25, 0.3) is 11.5 Å². The predicted octanol–water partition coefficient (Wildman–Crippen LogP) is 2.17. The van der Waals surface area contributed by atoms with Crippen molar-refractivity contribution in [1.82, 2.24) is 14.5 Å². The number of aromatic nitrogens is 2. The molecule has 0 atom stereocenters. The highest BCUT2D eigenvalue weighted by Gasteiger charge is 2.37. The van der Waals surface area contributed by atoms with Crippen molar-refractivity contribution in [3.8, 4) is 11.4 Å². The number of alkyl halides is 3. The van der Waals surface area contributed by atoms with Gasteiger partial charge in [-0.25, -0.2) is 4.39 Å². The van der Waals surface area contributed by atoms with Crippen LogP contribution in [0, 0.1) is 19.7 Å². The number of carbonyl (C=O) groups is 1. The molecule has 6 N–H and O–H groups in total. The lowest BCUT2D eigenvalue weighted by atomic mass is 10.1. The summed E-state index contributed by atoms with van der Waals surface area (Å²) in [7, 11) is 1.50. The van der Waals surface area contributed by atoms with Crippen LogP contribution in [0.3, 0.4) is 0 Å². The van der Waals surface area contributed by atoms with E-state index in [0.29, 0.717) is 10.6 Å². The van der Waals surface area contributed by atoms with E-state index in [4.69, 9.17) is 11.5 Å². The lowest BCUT2D eigenvalue weighted by Crippen LogP contribution is -2.32. The molecule has 0 saturated heterocycles. The number of hydrogen-bond acceptors (Lipinski definition) is 5. The highest BCUT2D eigenvalue weighted by atomic mass is 19.4. The number of nitrogens with two attached hydrogens (primary N) is 2. The third kappa shape index (κ3) is 3.45. The van der Waals surface area contributed by atoms with E-state index >= 15 is 0 Å². The number of nitrogens with one attached hydrogen (secondary N) is 1. The number of rotatable bonds is 5. The third-order valence-corrected chi connectivity index (χ3v) is 5.33. The number of likely N-dealkylation sites (N-methyl/N-ethyl adjacent to an activating group) is 1. The average Bonchev–Trinajstić information content (AvgIpc) is 2.97. The van der Waals surface area contributed by atoms with Crippen molar-refractivity contribution >= 4 is 22.6 Å². The Labute approximate surface area is 179 Å². The summed E-state index contributed by atoms with van der Waals surface area (Å²) in [5.74, 6) is -2.91. The Balaban J connectivity index is 2.63. The number of phenols is 1. The molecule has 0 fully saturated rings. The van der Waals surface area contributed by atoms with E-state index in [0.717, 1.165) is 10.6 Å². The number of amides is 1. The van der Waals surface area contributed by atoms with Gasteiger partial charge in [0.05, 0.1) is 11.3 Å². The maximum absolute atomic E-state index is 14.4.